The van der Waals surface area contributed by atoms with Gasteiger partial charge in [0.15, 0.2) is 0 Å². The lowest BCUT2D eigenvalue weighted by Crippen LogP contribution is -2.26. The van der Waals surface area contributed by atoms with Crippen molar-refractivity contribution in [2.45, 2.75) is 58.4 Å². The van der Waals surface area contributed by atoms with E-state index in [9.17, 15) is 18.3 Å². The summed E-state index contributed by atoms with van der Waals surface area (Å²) >= 11 is 1.50. The van der Waals surface area contributed by atoms with E-state index in [2.05, 4.69) is 20.6 Å². The first-order valence-corrected chi connectivity index (χ1v) is 11.9. The highest BCUT2D eigenvalue weighted by atomic mass is 32.1. The SMILES string of the molecule is Cc1nc(NCC(F)(F)F)nc(N[C@H]2CC[C@@H](C(O)C(C)C)C2)c1-c1nc2ccccc2s1. The van der Waals surface area contributed by atoms with Crippen LogP contribution in [-0.2, 0) is 0 Å². The van der Waals surface area contributed by atoms with Crippen LogP contribution >= 0.6 is 11.3 Å². The van der Waals surface area contributed by atoms with Gasteiger partial charge in [-0.1, -0.05) is 26.0 Å². The fraction of sp³-hybridized carbons (Fsp3) is 0.522. The fourth-order valence-corrected chi connectivity index (χ4v) is 5.43. The molecule has 10 heteroatoms. The summed E-state index contributed by atoms with van der Waals surface area (Å²) in [4.78, 5) is 13.4. The van der Waals surface area contributed by atoms with Crippen LogP contribution in [0.25, 0.3) is 20.8 Å². The first-order chi connectivity index (χ1) is 15.6. The summed E-state index contributed by atoms with van der Waals surface area (Å²) in [5.74, 6) is 0.746. The Morgan fingerprint density at radius 1 is 1.15 bits per heavy atom. The Hall–Kier alpha value is -2.46. The summed E-state index contributed by atoms with van der Waals surface area (Å²) in [7, 11) is 0. The third-order valence-electron chi connectivity index (χ3n) is 6.02. The Labute approximate surface area is 194 Å². The normalized spacial score (nSPS) is 19.9. The van der Waals surface area contributed by atoms with Gasteiger partial charge in [-0.2, -0.15) is 18.2 Å². The van der Waals surface area contributed by atoms with Gasteiger partial charge in [0, 0.05) is 6.04 Å². The van der Waals surface area contributed by atoms with E-state index >= 15 is 0 Å². The van der Waals surface area contributed by atoms with Crippen molar-refractivity contribution in [1.82, 2.24) is 15.0 Å². The molecule has 0 radical (unpaired) electrons. The molecule has 3 atom stereocenters. The molecule has 3 N–H and O–H groups in total. The molecular weight excluding hydrogens is 451 g/mol. The summed E-state index contributed by atoms with van der Waals surface area (Å²) < 4.78 is 39.3. The number of benzene rings is 1. The van der Waals surface area contributed by atoms with Crippen molar-refractivity contribution in [1.29, 1.82) is 0 Å². The number of aryl methyl sites for hydroxylation is 1. The van der Waals surface area contributed by atoms with Crippen LogP contribution in [0.2, 0.25) is 0 Å². The van der Waals surface area contributed by atoms with Crippen molar-refractivity contribution in [3.05, 3.63) is 30.0 Å². The molecule has 2 heterocycles. The lowest BCUT2D eigenvalue weighted by molar-refractivity contribution is -0.115. The number of nitrogens with zero attached hydrogens (tertiary/aromatic N) is 3. The van der Waals surface area contributed by atoms with Gasteiger partial charge in [0.1, 0.15) is 17.4 Å². The van der Waals surface area contributed by atoms with E-state index in [-0.39, 0.29) is 29.9 Å². The third-order valence-corrected chi connectivity index (χ3v) is 7.08. The van der Waals surface area contributed by atoms with Gasteiger partial charge in [0.05, 0.1) is 27.6 Å². The van der Waals surface area contributed by atoms with Crippen LogP contribution in [-0.4, -0.2) is 44.9 Å². The Kier molecular flexibility index (Phi) is 6.76. The van der Waals surface area contributed by atoms with Gasteiger partial charge in [-0.25, -0.2) is 9.97 Å². The van der Waals surface area contributed by atoms with E-state index in [1.165, 1.54) is 11.3 Å². The smallest absolute Gasteiger partial charge is 0.393 e. The zero-order chi connectivity index (χ0) is 23.8. The molecule has 2 aromatic heterocycles. The molecule has 0 saturated heterocycles. The number of para-hydroxylation sites is 1. The molecule has 0 aliphatic heterocycles. The number of hydrogen-bond acceptors (Lipinski definition) is 7. The molecule has 6 nitrogen and oxygen atoms in total. The zero-order valence-corrected chi connectivity index (χ0v) is 19.6. The lowest BCUT2D eigenvalue weighted by Gasteiger charge is -2.22. The highest BCUT2D eigenvalue weighted by Crippen LogP contribution is 2.39. The maximum Gasteiger partial charge on any atom is 0.405 e. The summed E-state index contributed by atoms with van der Waals surface area (Å²) in [6, 6.07) is 7.81. The quantitative estimate of drug-likeness (QED) is 0.407. The van der Waals surface area contributed by atoms with Gasteiger partial charge < -0.3 is 15.7 Å². The molecular formula is C23H28F3N5OS. The number of thiazole rings is 1. The minimum absolute atomic E-state index is 0.0568. The number of rotatable bonds is 7. The molecule has 4 rings (SSSR count). The van der Waals surface area contributed by atoms with E-state index in [1.807, 2.05) is 38.1 Å². The van der Waals surface area contributed by atoms with Crippen LogP contribution in [0.5, 0.6) is 0 Å². The number of aliphatic hydroxyl groups excluding tert-OH is 1. The highest BCUT2D eigenvalue weighted by Gasteiger charge is 2.33. The number of hydrogen-bond donors (Lipinski definition) is 3. The first kappa shape index (κ1) is 23.7. The zero-order valence-electron chi connectivity index (χ0n) is 18.8. The number of fused-ring (bicyclic) bond motifs is 1. The number of alkyl halides is 3. The molecule has 33 heavy (non-hydrogen) atoms. The predicted octanol–water partition coefficient (Wildman–Crippen LogP) is 5.63. The third kappa shape index (κ3) is 5.55. The number of aliphatic hydroxyl groups is 1. The van der Waals surface area contributed by atoms with Crippen LogP contribution in [0.3, 0.4) is 0 Å². The van der Waals surface area contributed by atoms with Crippen molar-refractivity contribution in [3.8, 4) is 10.6 Å². The molecule has 3 aromatic rings. The lowest BCUT2D eigenvalue weighted by atomic mass is 9.92. The molecule has 1 saturated carbocycles. The molecule has 0 amide bonds. The minimum atomic E-state index is -4.37. The Balaban J connectivity index is 1.67. The summed E-state index contributed by atoms with van der Waals surface area (Å²) in [5, 5.41) is 16.9. The van der Waals surface area contributed by atoms with E-state index in [0.29, 0.717) is 17.1 Å². The molecule has 1 aromatic carbocycles. The van der Waals surface area contributed by atoms with E-state index in [1.54, 1.807) is 6.92 Å². The topological polar surface area (TPSA) is 83.0 Å². The number of anilines is 2. The maximum atomic E-state index is 12.8. The van der Waals surface area contributed by atoms with Gasteiger partial charge in [-0.05, 0) is 50.2 Å². The molecule has 1 unspecified atom stereocenters. The average Bonchev–Trinajstić information content (AvgIpc) is 3.37. The fourth-order valence-electron chi connectivity index (χ4n) is 4.37. The Bertz CT molecular complexity index is 1080. The Morgan fingerprint density at radius 2 is 1.91 bits per heavy atom. The molecule has 178 valence electrons. The summed E-state index contributed by atoms with van der Waals surface area (Å²) in [5.41, 5.74) is 2.10. The standard InChI is InChI=1S/C23H28F3N5OS/c1-12(2)19(32)14-8-9-15(10-14)29-20-18(21-30-16-6-4-5-7-17(16)33-21)13(3)28-22(31-20)27-11-23(24,25)26/h4-7,12,14-15,19,32H,8-11H2,1-3H3,(H2,27,28,29,31)/t14-,15+,19?/m1/s1. The van der Waals surface area contributed by atoms with Gasteiger partial charge in [0.25, 0.3) is 0 Å². The number of aromatic nitrogens is 3. The van der Waals surface area contributed by atoms with Gasteiger partial charge >= 0.3 is 6.18 Å². The molecule has 1 aliphatic rings. The number of halogens is 3. The van der Waals surface area contributed by atoms with E-state index in [4.69, 9.17) is 4.98 Å². The Morgan fingerprint density at radius 3 is 2.61 bits per heavy atom. The van der Waals surface area contributed by atoms with Crippen LogP contribution in [0.4, 0.5) is 24.9 Å². The first-order valence-electron chi connectivity index (χ1n) is 11.1. The van der Waals surface area contributed by atoms with Crippen LogP contribution in [0, 0.1) is 18.8 Å². The van der Waals surface area contributed by atoms with Crippen molar-refractivity contribution in [3.63, 3.8) is 0 Å². The van der Waals surface area contributed by atoms with Crippen molar-refractivity contribution in [2.75, 3.05) is 17.2 Å². The monoisotopic (exact) mass is 479 g/mol. The molecule has 0 bridgehead atoms. The molecule has 1 aliphatic carbocycles. The van der Waals surface area contributed by atoms with Crippen molar-refractivity contribution < 1.29 is 18.3 Å². The van der Waals surface area contributed by atoms with Gasteiger partial charge in [-0.3, -0.25) is 0 Å². The predicted molar refractivity (Wildman–Crippen MR) is 126 cm³/mol. The largest absolute Gasteiger partial charge is 0.405 e. The van der Waals surface area contributed by atoms with Crippen molar-refractivity contribution in [2.24, 2.45) is 11.8 Å². The maximum absolute atomic E-state index is 12.8. The highest BCUT2D eigenvalue weighted by molar-refractivity contribution is 7.21. The average molecular weight is 480 g/mol. The minimum Gasteiger partial charge on any atom is -0.393 e. The molecule has 1 fully saturated rings. The second-order valence-electron chi connectivity index (χ2n) is 8.96. The van der Waals surface area contributed by atoms with Crippen molar-refractivity contribution >= 4 is 33.3 Å². The summed E-state index contributed by atoms with van der Waals surface area (Å²) in [6.07, 6.45) is -2.25. The second-order valence-corrected chi connectivity index (χ2v) is 9.99. The van der Waals surface area contributed by atoms with E-state index < -0.39 is 12.7 Å². The number of nitrogens with one attached hydrogen (secondary N) is 2. The van der Waals surface area contributed by atoms with Crippen LogP contribution in [0.1, 0.15) is 38.8 Å². The van der Waals surface area contributed by atoms with Crippen LogP contribution in [0.15, 0.2) is 24.3 Å². The van der Waals surface area contributed by atoms with E-state index in [0.717, 1.165) is 34.5 Å². The van der Waals surface area contributed by atoms with Gasteiger partial charge in [-0.15, -0.1) is 11.3 Å². The van der Waals surface area contributed by atoms with Gasteiger partial charge in [0.2, 0.25) is 5.95 Å². The van der Waals surface area contributed by atoms with Crippen LogP contribution < -0.4 is 10.6 Å². The second kappa shape index (κ2) is 9.42. The summed E-state index contributed by atoms with van der Waals surface area (Å²) in [6.45, 7) is 4.55. The molecule has 0 spiro atoms.